The molecule has 1 aliphatic carbocycles. The highest BCUT2D eigenvalue weighted by atomic mass is 16.6. The molecular formula is C14H25N5O3. The van der Waals surface area contributed by atoms with Crippen LogP contribution in [0, 0.1) is 5.92 Å². The monoisotopic (exact) mass is 311 g/mol. The van der Waals surface area contributed by atoms with Gasteiger partial charge in [-0.1, -0.05) is 5.11 Å². The Hall–Kier alpha value is -1.95. The van der Waals surface area contributed by atoms with E-state index in [1.165, 1.54) is 0 Å². The van der Waals surface area contributed by atoms with Crippen LogP contribution >= 0.6 is 0 Å². The molecule has 0 heterocycles. The van der Waals surface area contributed by atoms with Gasteiger partial charge in [0.15, 0.2) is 0 Å². The summed E-state index contributed by atoms with van der Waals surface area (Å²) in [5, 5.41) is 6.48. The Kier molecular flexibility index (Phi) is 6.05. The third kappa shape index (κ3) is 5.44. The maximum atomic E-state index is 12.1. The topological polar surface area (TPSA) is 107 Å². The van der Waals surface area contributed by atoms with Crippen molar-refractivity contribution in [3.8, 4) is 0 Å². The average molecular weight is 311 g/mol. The third-order valence-electron chi connectivity index (χ3n) is 3.51. The summed E-state index contributed by atoms with van der Waals surface area (Å²) >= 11 is 0. The van der Waals surface area contributed by atoms with Gasteiger partial charge in [0.05, 0.1) is 6.04 Å². The summed E-state index contributed by atoms with van der Waals surface area (Å²) in [5.74, 6) is -0.157. The Labute approximate surface area is 130 Å². The van der Waals surface area contributed by atoms with Gasteiger partial charge in [-0.3, -0.25) is 4.79 Å². The van der Waals surface area contributed by atoms with Crippen LogP contribution < -0.4 is 5.32 Å². The van der Waals surface area contributed by atoms with Gasteiger partial charge < -0.3 is 15.0 Å². The minimum absolute atomic E-state index is 0.0235. The van der Waals surface area contributed by atoms with Crippen molar-refractivity contribution < 1.29 is 14.3 Å². The molecule has 0 spiro atoms. The van der Waals surface area contributed by atoms with Gasteiger partial charge in [0.25, 0.3) is 0 Å². The average Bonchev–Trinajstić information content (AvgIpc) is 2.37. The molecule has 8 nitrogen and oxygen atoms in total. The van der Waals surface area contributed by atoms with E-state index in [-0.39, 0.29) is 17.9 Å². The number of nitrogens with zero attached hydrogens (tertiary/aromatic N) is 4. The van der Waals surface area contributed by atoms with E-state index in [0.717, 1.165) is 0 Å². The number of carbonyl (C=O) groups is 2. The number of ether oxygens (including phenoxy) is 1. The van der Waals surface area contributed by atoms with E-state index in [0.29, 0.717) is 19.3 Å². The van der Waals surface area contributed by atoms with Crippen molar-refractivity contribution in [3.05, 3.63) is 10.4 Å². The summed E-state index contributed by atoms with van der Waals surface area (Å²) in [6.45, 7) is 5.32. The highest BCUT2D eigenvalue weighted by Crippen LogP contribution is 2.28. The van der Waals surface area contributed by atoms with Crippen LogP contribution in [0.2, 0.25) is 0 Å². The smallest absolute Gasteiger partial charge is 0.407 e. The number of amides is 2. The van der Waals surface area contributed by atoms with Crippen molar-refractivity contribution in [1.29, 1.82) is 0 Å². The lowest BCUT2D eigenvalue weighted by Gasteiger charge is -2.35. The van der Waals surface area contributed by atoms with Gasteiger partial charge in [-0.15, -0.1) is 0 Å². The van der Waals surface area contributed by atoms with Crippen LogP contribution in [0.1, 0.15) is 40.0 Å². The number of hydrogen-bond donors (Lipinski definition) is 1. The lowest BCUT2D eigenvalue weighted by Crippen LogP contribution is -2.49. The standard InChI is InChI=1S/C14H25N5O3/c1-14(2,3)22-13(21)16-11-8-9(12(20)19(4)5)6-7-10(11)17-18-15/h9-11H,6-8H2,1-5H3,(H,16,21)/t9-,10+,11-/m1/s1. The number of nitrogens with one attached hydrogen (secondary N) is 1. The lowest BCUT2D eigenvalue weighted by molar-refractivity contribution is -0.134. The van der Waals surface area contributed by atoms with Crippen molar-refractivity contribution in [2.24, 2.45) is 11.0 Å². The minimum Gasteiger partial charge on any atom is -0.444 e. The van der Waals surface area contributed by atoms with Crippen LogP contribution in [0.4, 0.5) is 4.79 Å². The van der Waals surface area contributed by atoms with Crippen LogP contribution in [0.3, 0.4) is 0 Å². The normalized spacial score (nSPS) is 24.9. The highest BCUT2D eigenvalue weighted by molar-refractivity contribution is 5.78. The zero-order chi connectivity index (χ0) is 16.9. The summed E-state index contributed by atoms with van der Waals surface area (Å²) in [6.07, 6.45) is 1.09. The van der Waals surface area contributed by atoms with Crippen LogP contribution in [-0.4, -0.2) is 48.7 Å². The predicted octanol–water partition coefficient (Wildman–Crippen LogP) is 2.45. The molecule has 1 aliphatic rings. The van der Waals surface area contributed by atoms with Crippen molar-refractivity contribution in [3.63, 3.8) is 0 Å². The number of azide groups is 1. The summed E-state index contributed by atoms with van der Waals surface area (Å²) in [7, 11) is 3.41. The molecule has 0 bridgehead atoms. The van der Waals surface area contributed by atoms with Crippen LogP contribution in [0.25, 0.3) is 10.4 Å². The largest absolute Gasteiger partial charge is 0.444 e. The van der Waals surface area contributed by atoms with Crippen LogP contribution in [0.5, 0.6) is 0 Å². The Balaban J connectivity index is 2.77. The lowest BCUT2D eigenvalue weighted by atomic mass is 9.82. The summed E-state index contributed by atoms with van der Waals surface area (Å²) in [4.78, 5) is 28.4. The first-order valence-corrected chi connectivity index (χ1v) is 7.39. The van der Waals surface area contributed by atoms with E-state index in [9.17, 15) is 9.59 Å². The van der Waals surface area contributed by atoms with Crippen molar-refractivity contribution in [1.82, 2.24) is 10.2 Å². The molecule has 0 unspecified atom stereocenters. The fourth-order valence-corrected chi connectivity index (χ4v) is 2.56. The van der Waals surface area contributed by atoms with Gasteiger partial charge >= 0.3 is 6.09 Å². The fourth-order valence-electron chi connectivity index (χ4n) is 2.56. The molecule has 1 rings (SSSR count). The van der Waals surface area contributed by atoms with Gasteiger partial charge in [-0.2, -0.15) is 0 Å². The molecule has 22 heavy (non-hydrogen) atoms. The SMILES string of the molecule is CN(C)C(=O)[C@@H]1CC[C@H](N=[N+]=[N-])[C@H](NC(=O)OC(C)(C)C)C1. The Bertz CT molecular complexity index is 466. The molecule has 8 heteroatoms. The molecule has 1 N–H and O–H groups in total. The van der Waals surface area contributed by atoms with Crippen molar-refractivity contribution >= 4 is 12.0 Å². The zero-order valence-corrected chi connectivity index (χ0v) is 13.9. The predicted molar refractivity (Wildman–Crippen MR) is 82.1 cm³/mol. The number of rotatable bonds is 3. The second-order valence-electron chi connectivity index (χ2n) is 6.77. The van der Waals surface area contributed by atoms with E-state index in [2.05, 4.69) is 15.3 Å². The number of hydrogen-bond acceptors (Lipinski definition) is 4. The molecule has 0 aromatic heterocycles. The number of carbonyl (C=O) groups excluding carboxylic acids is 2. The van der Waals surface area contributed by atoms with Gasteiger partial charge in [-0.05, 0) is 45.6 Å². The molecule has 0 aromatic rings. The summed E-state index contributed by atoms with van der Waals surface area (Å²) in [5.41, 5.74) is 8.05. The highest BCUT2D eigenvalue weighted by Gasteiger charge is 2.35. The third-order valence-corrected chi connectivity index (χ3v) is 3.51. The molecule has 124 valence electrons. The quantitative estimate of drug-likeness (QED) is 0.491. The first-order valence-electron chi connectivity index (χ1n) is 7.39. The van der Waals surface area contributed by atoms with Crippen molar-refractivity contribution in [2.45, 2.75) is 57.7 Å². The minimum atomic E-state index is -0.606. The van der Waals surface area contributed by atoms with Crippen molar-refractivity contribution in [2.75, 3.05) is 14.1 Å². The van der Waals surface area contributed by atoms with Gasteiger partial charge in [0.1, 0.15) is 5.60 Å². The van der Waals surface area contributed by atoms with E-state index in [4.69, 9.17) is 10.3 Å². The Morgan fingerprint density at radius 3 is 2.45 bits per heavy atom. The molecule has 1 saturated carbocycles. The van der Waals surface area contributed by atoms with E-state index < -0.39 is 17.7 Å². The van der Waals surface area contributed by atoms with Gasteiger partial charge in [0.2, 0.25) is 5.91 Å². The molecule has 0 aromatic carbocycles. The summed E-state index contributed by atoms with van der Waals surface area (Å²) in [6, 6.07) is -0.753. The molecule has 2 amide bonds. The van der Waals surface area contributed by atoms with E-state index in [1.54, 1.807) is 39.8 Å². The molecule has 1 fully saturated rings. The van der Waals surface area contributed by atoms with Gasteiger partial charge in [-0.25, -0.2) is 4.79 Å². The second kappa shape index (κ2) is 7.35. The van der Waals surface area contributed by atoms with E-state index in [1.807, 2.05) is 0 Å². The van der Waals surface area contributed by atoms with E-state index >= 15 is 0 Å². The Morgan fingerprint density at radius 2 is 1.95 bits per heavy atom. The first-order chi connectivity index (χ1) is 10.1. The number of alkyl carbamates (subject to hydrolysis) is 1. The van der Waals surface area contributed by atoms with Crippen LogP contribution in [-0.2, 0) is 9.53 Å². The van der Waals surface area contributed by atoms with Gasteiger partial charge in [0, 0.05) is 31.0 Å². The zero-order valence-electron chi connectivity index (χ0n) is 13.9. The molecular weight excluding hydrogens is 286 g/mol. The maximum Gasteiger partial charge on any atom is 0.407 e. The molecule has 3 atom stereocenters. The summed E-state index contributed by atoms with van der Waals surface area (Å²) < 4.78 is 5.23. The fraction of sp³-hybridized carbons (Fsp3) is 0.857. The maximum absolute atomic E-state index is 12.1. The second-order valence-corrected chi connectivity index (χ2v) is 6.77. The Morgan fingerprint density at radius 1 is 1.32 bits per heavy atom. The molecule has 0 radical (unpaired) electrons. The molecule has 0 saturated heterocycles. The first kappa shape index (κ1) is 18.1. The molecule has 0 aliphatic heterocycles. The van der Waals surface area contributed by atoms with Crippen LogP contribution in [0.15, 0.2) is 5.11 Å².